The topological polar surface area (TPSA) is 123 Å². The molecule has 1 aliphatic heterocycles. The normalized spacial score (nSPS) is 21.8. The van der Waals surface area contributed by atoms with E-state index in [1.807, 2.05) is 16.8 Å². The summed E-state index contributed by atoms with van der Waals surface area (Å²) in [6.45, 7) is 1.79. The number of rotatable bonds is 7. The van der Waals surface area contributed by atoms with Crippen LogP contribution in [0.15, 0.2) is 58.6 Å². The minimum Gasteiger partial charge on any atom is -0.322 e. The van der Waals surface area contributed by atoms with E-state index >= 15 is 0 Å². The lowest BCUT2D eigenvalue weighted by Gasteiger charge is -2.35. The molecule has 12 heteroatoms. The summed E-state index contributed by atoms with van der Waals surface area (Å²) in [4.78, 5) is 23.0. The molecule has 2 aromatic heterocycles. The Kier molecular flexibility index (Phi) is 7.98. The first-order valence-electron chi connectivity index (χ1n) is 12.0. The van der Waals surface area contributed by atoms with Crippen molar-refractivity contribution in [3.63, 3.8) is 0 Å². The van der Waals surface area contributed by atoms with Gasteiger partial charge in [-0.3, -0.25) is 9.69 Å². The Balaban J connectivity index is 0.00000320. The monoisotopic (exact) mass is 548 g/mol. The molecule has 2 fully saturated rings. The molecule has 0 bridgehead atoms. The van der Waals surface area contributed by atoms with Crippen molar-refractivity contribution in [1.29, 1.82) is 0 Å². The molecular formula is C25H30ClFN6O3S. The smallest absolute Gasteiger partial charge is 0.250 e. The summed E-state index contributed by atoms with van der Waals surface area (Å²) in [5.41, 5.74) is 2.29. The quantitative estimate of drug-likeness (QED) is 0.463. The molecule has 9 nitrogen and oxygen atoms in total. The van der Waals surface area contributed by atoms with Gasteiger partial charge in [-0.25, -0.2) is 27.9 Å². The predicted octanol–water partition coefficient (Wildman–Crippen LogP) is 3.55. The Hall–Kier alpha value is -2.86. The number of pyridine rings is 1. The number of nitrogens with two attached hydrogens (primary N) is 1. The number of primary sulfonamides is 1. The highest BCUT2D eigenvalue weighted by molar-refractivity contribution is 7.89. The Morgan fingerprint density at radius 1 is 1.14 bits per heavy atom. The molecule has 3 aromatic rings. The number of hydrogen-bond acceptors (Lipinski definition) is 7. The first-order chi connectivity index (χ1) is 17.2. The van der Waals surface area contributed by atoms with E-state index in [1.165, 1.54) is 24.1 Å². The van der Waals surface area contributed by atoms with Gasteiger partial charge in [0.2, 0.25) is 16.0 Å². The van der Waals surface area contributed by atoms with Crippen LogP contribution in [0.3, 0.4) is 0 Å². The third kappa shape index (κ3) is 6.01. The van der Waals surface area contributed by atoms with Crippen molar-refractivity contribution in [1.82, 2.24) is 19.4 Å². The third-order valence-electron chi connectivity index (χ3n) is 7.26. The zero-order valence-electron chi connectivity index (χ0n) is 20.4. The van der Waals surface area contributed by atoms with Crippen molar-refractivity contribution < 1.29 is 12.8 Å². The van der Waals surface area contributed by atoms with Gasteiger partial charge in [0.05, 0.1) is 10.6 Å². The van der Waals surface area contributed by atoms with Crippen molar-refractivity contribution in [3.8, 4) is 0 Å². The highest BCUT2D eigenvalue weighted by Crippen LogP contribution is 2.42. The van der Waals surface area contributed by atoms with Crippen LogP contribution in [0.2, 0.25) is 0 Å². The molecular weight excluding hydrogens is 519 g/mol. The summed E-state index contributed by atoms with van der Waals surface area (Å²) in [5, 5.41) is 7.79. The predicted molar refractivity (Wildman–Crippen MR) is 141 cm³/mol. The minimum atomic E-state index is -3.98. The van der Waals surface area contributed by atoms with Crippen LogP contribution in [0.5, 0.6) is 0 Å². The maximum atomic E-state index is 14.3. The van der Waals surface area contributed by atoms with Gasteiger partial charge in [0, 0.05) is 37.2 Å². The van der Waals surface area contributed by atoms with Gasteiger partial charge in [-0.15, -0.1) is 12.4 Å². The fourth-order valence-corrected chi connectivity index (χ4v) is 5.69. The molecule has 2 aliphatic rings. The molecule has 198 valence electrons. The van der Waals surface area contributed by atoms with Crippen LogP contribution in [-0.2, 0) is 16.6 Å². The van der Waals surface area contributed by atoms with E-state index in [9.17, 15) is 17.6 Å². The largest absolute Gasteiger partial charge is 0.322 e. The van der Waals surface area contributed by atoms with E-state index in [0.29, 0.717) is 24.4 Å². The van der Waals surface area contributed by atoms with Crippen LogP contribution in [0, 0.1) is 11.7 Å². The Morgan fingerprint density at radius 2 is 1.86 bits per heavy atom. The highest BCUT2D eigenvalue weighted by atomic mass is 35.5. The van der Waals surface area contributed by atoms with Crippen molar-refractivity contribution in [3.05, 3.63) is 76.2 Å². The molecule has 3 heterocycles. The number of likely N-dealkylation sites (tertiary alicyclic amines) is 1. The second-order valence-corrected chi connectivity index (χ2v) is 11.3. The Labute approximate surface area is 221 Å². The lowest BCUT2D eigenvalue weighted by Crippen LogP contribution is -2.31. The molecule has 0 radical (unpaired) electrons. The van der Waals surface area contributed by atoms with Crippen molar-refractivity contribution in [2.24, 2.45) is 11.1 Å². The lowest BCUT2D eigenvalue weighted by molar-refractivity contribution is 0.229. The molecule has 1 saturated carbocycles. The van der Waals surface area contributed by atoms with Crippen LogP contribution >= 0.6 is 12.4 Å². The first kappa shape index (κ1) is 27.2. The zero-order chi connectivity index (χ0) is 25.4. The van der Waals surface area contributed by atoms with E-state index in [0.717, 1.165) is 37.4 Å². The Morgan fingerprint density at radius 3 is 2.49 bits per heavy atom. The number of hydrogen-bond donors (Lipinski definition) is 2. The summed E-state index contributed by atoms with van der Waals surface area (Å²) in [6.07, 6.45) is 9.66. The van der Waals surface area contributed by atoms with Crippen LogP contribution in [-0.4, -0.2) is 41.4 Å². The summed E-state index contributed by atoms with van der Waals surface area (Å²) < 4.78 is 38.8. The summed E-state index contributed by atoms with van der Waals surface area (Å²) in [6, 6.07) is 7.38. The summed E-state index contributed by atoms with van der Waals surface area (Å²) in [7, 11) is -1.85. The second kappa shape index (κ2) is 10.9. The van der Waals surface area contributed by atoms with Gasteiger partial charge in [0.1, 0.15) is 5.82 Å². The van der Waals surface area contributed by atoms with Gasteiger partial charge < -0.3 is 9.88 Å². The number of halogens is 2. The molecule has 3 N–H and O–H groups in total. The standard InChI is InChI=1S/C25H29FN6O3S.ClH/c1-31-8-2-3-23(31)17-4-7-24(33)32(15-17)14-16-9-18(10-16)19-12-28-25(29-13-19)30-22-6-5-20(11-21(22)26)36(27,34)35;/h4-7,11-13,15-16,18,23H,2-3,8-10,14H2,1H3,(H2,27,34,35)(H,28,29,30);1H. The van der Waals surface area contributed by atoms with E-state index in [4.69, 9.17) is 5.14 Å². The summed E-state index contributed by atoms with van der Waals surface area (Å²) in [5.74, 6) is 0.162. The van der Waals surface area contributed by atoms with Crippen LogP contribution in [0.25, 0.3) is 0 Å². The average molecular weight is 549 g/mol. The number of aromatic nitrogens is 3. The van der Waals surface area contributed by atoms with Crippen LogP contribution < -0.4 is 16.0 Å². The molecule has 0 spiro atoms. The van der Waals surface area contributed by atoms with Gasteiger partial charge in [-0.1, -0.05) is 6.07 Å². The van der Waals surface area contributed by atoms with Crippen molar-refractivity contribution in [2.45, 2.75) is 49.1 Å². The fourth-order valence-electron chi connectivity index (χ4n) is 5.16. The number of benzene rings is 1. The number of sulfonamides is 1. The minimum absolute atomic E-state index is 0. The molecule has 1 saturated heterocycles. The van der Waals surface area contributed by atoms with E-state index < -0.39 is 15.8 Å². The fraction of sp³-hybridized carbons (Fsp3) is 0.400. The van der Waals surface area contributed by atoms with E-state index in [-0.39, 0.29) is 34.5 Å². The molecule has 1 aromatic carbocycles. The Bertz CT molecular complexity index is 1430. The first-order valence-corrected chi connectivity index (χ1v) is 13.5. The number of nitrogens with one attached hydrogen (secondary N) is 1. The number of nitrogens with zero attached hydrogens (tertiary/aromatic N) is 4. The number of anilines is 2. The molecule has 37 heavy (non-hydrogen) atoms. The molecule has 1 unspecified atom stereocenters. The van der Waals surface area contributed by atoms with Gasteiger partial charge in [-0.2, -0.15) is 0 Å². The second-order valence-electron chi connectivity index (χ2n) is 9.78. The lowest BCUT2D eigenvalue weighted by atomic mass is 9.72. The van der Waals surface area contributed by atoms with E-state index in [1.54, 1.807) is 18.5 Å². The van der Waals surface area contributed by atoms with Gasteiger partial charge in [0.15, 0.2) is 0 Å². The van der Waals surface area contributed by atoms with Crippen molar-refractivity contribution >= 4 is 34.1 Å². The van der Waals surface area contributed by atoms with Crippen LogP contribution in [0.1, 0.15) is 48.8 Å². The van der Waals surface area contributed by atoms with Gasteiger partial charge in [-0.05, 0) is 80.4 Å². The maximum Gasteiger partial charge on any atom is 0.250 e. The molecule has 1 atom stereocenters. The molecule has 0 amide bonds. The SMILES string of the molecule is CN1CCCC1c1ccc(=O)n(CC2CC(c3cnc(Nc4ccc(S(N)(=O)=O)cc4F)nc3)C2)c1.Cl. The average Bonchev–Trinajstić information content (AvgIpc) is 3.24. The van der Waals surface area contributed by atoms with E-state index in [2.05, 4.69) is 27.2 Å². The maximum absolute atomic E-state index is 14.3. The highest BCUT2D eigenvalue weighted by Gasteiger charge is 2.31. The third-order valence-corrected chi connectivity index (χ3v) is 8.17. The summed E-state index contributed by atoms with van der Waals surface area (Å²) >= 11 is 0. The van der Waals surface area contributed by atoms with Gasteiger partial charge in [0.25, 0.3) is 5.56 Å². The molecule has 1 aliphatic carbocycles. The van der Waals surface area contributed by atoms with Gasteiger partial charge >= 0.3 is 0 Å². The zero-order valence-corrected chi connectivity index (χ0v) is 22.0. The molecule has 5 rings (SSSR count). The van der Waals surface area contributed by atoms with Crippen molar-refractivity contribution in [2.75, 3.05) is 18.9 Å². The van der Waals surface area contributed by atoms with Crippen LogP contribution in [0.4, 0.5) is 16.0 Å².